The van der Waals surface area contributed by atoms with Crippen LogP contribution >= 0.6 is 0 Å². The van der Waals surface area contributed by atoms with Crippen LogP contribution < -0.4 is 10.9 Å². The quantitative estimate of drug-likeness (QED) is 0.343. The van der Waals surface area contributed by atoms with Gasteiger partial charge in [0.2, 0.25) is 5.91 Å². The van der Waals surface area contributed by atoms with Crippen LogP contribution in [0.4, 0.5) is 0 Å². The average molecular weight is 455 g/mol. The number of benzene rings is 2. The van der Waals surface area contributed by atoms with Crippen molar-refractivity contribution in [3.8, 4) is 0 Å². The van der Waals surface area contributed by atoms with Gasteiger partial charge in [-0.15, -0.1) is 0 Å². The van der Waals surface area contributed by atoms with Crippen LogP contribution in [-0.4, -0.2) is 10.9 Å². The molecule has 0 bridgehead atoms. The molecule has 1 aliphatic rings. The predicted molar refractivity (Wildman–Crippen MR) is 132 cm³/mol. The fourth-order valence-electron chi connectivity index (χ4n) is 5.49. The summed E-state index contributed by atoms with van der Waals surface area (Å²) in [5, 5.41) is 6.22. The summed E-state index contributed by atoms with van der Waals surface area (Å²) in [4.78, 5) is 29.5. The summed E-state index contributed by atoms with van der Waals surface area (Å²) in [6, 6.07) is 10.2. The van der Waals surface area contributed by atoms with Gasteiger partial charge in [0.1, 0.15) is 11.2 Å². The highest BCUT2D eigenvalue weighted by Gasteiger charge is 2.26. The van der Waals surface area contributed by atoms with Crippen molar-refractivity contribution in [3.63, 3.8) is 0 Å². The van der Waals surface area contributed by atoms with Crippen LogP contribution in [0, 0.1) is 20.8 Å². The topological polar surface area (TPSA) is 88.2 Å². The first-order chi connectivity index (χ1) is 16.4. The highest BCUT2D eigenvalue weighted by Crippen LogP contribution is 2.35. The number of carbonyl (C=O) groups excluding carboxylic acids is 1. The summed E-state index contributed by atoms with van der Waals surface area (Å²) in [7, 11) is 0. The minimum Gasteiger partial charge on any atom is -0.464 e. The van der Waals surface area contributed by atoms with E-state index in [2.05, 4.69) is 22.4 Å². The van der Waals surface area contributed by atoms with Crippen molar-refractivity contribution < 1.29 is 13.6 Å². The molecule has 0 fully saturated rings. The van der Waals surface area contributed by atoms with E-state index in [1.165, 1.54) is 10.9 Å². The van der Waals surface area contributed by atoms with Crippen LogP contribution in [0.2, 0.25) is 0 Å². The maximum atomic E-state index is 13.1. The van der Waals surface area contributed by atoms with Gasteiger partial charge in [-0.25, -0.2) is 4.79 Å². The van der Waals surface area contributed by atoms with E-state index in [0.717, 1.165) is 63.5 Å². The highest BCUT2D eigenvalue weighted by molar-refractivity contribution is 6.00. The summed E-state index contributed by atoms with van der Waals surface area (Å²) in [6.45, 7) is 5.77. The molecule has 3 heterocycles. The average Bonchev–Trinajstić information content (AvgIpc) is 3.39. The van der Waals surface area contributed by atoms with Crippen LogP contribution in [0.5, 0.6) is 0 Å². The minimum atomic E-state index is -0.471. The van der Waals surface area contributed by atoms with Gasteiger partial charge in [0, 0.05) is 32.9 Å². The Kier molecular flexibility index (Phi) is 4.66. The number of carbonyl (C=O) groups is 1. The minimum absolute atomic E-state index is 0.0162. The zero-order chi connectivity index (χ0) is 23.6. The smallest absolute Gasteiger partial charge is 0.340 e. The molecule has 0 aliphatic heterocycles. The fourth-order valence-corrected chi connectivity index (χ4v) is 5.49. The van der Waals surface area contributed by atoms with Gasteiger partial charge in [0.05, 0.1) is 24.3 Å². The molecule has 0 spiro atoms. The van der Waals surface area contributed by atoms with E-state index in [1.54, 1.807) is 6.26 Å². The molecule has 2 aromatic carbocycles. The summed E-state index contributed by atoms with van der Waals surface area (Å²) in [6.07, 6.45) is 4.57. The number of fused-ring (bicyclic) bond motifs is 5. The van der Waals surface area contributed by atoms with Crippen LogP contribution in [0.1, 0.15) is 52.4 Å². The van der Waals surface area contributed by atoms with E-state index in [4.69, 9.17) is 8.83 Å². The van der Waals surface area contributed by atoms with Gasteiger partial charge in [-0.3, -0.25) is 4.79 Å². The first-order valence-electron chi connectivity index (χ1n) is 11.7. The van der Waals surface area contributed by atoms with E-state index in [9.17, 15) is 9.59 Å². The Labute approximate surface area is 195 Å². The molecule has 172 valence electrons. The van der Waals surface area contributed by atoms with Gasteiger partial charge >= 0.3 is 5.63 Å². The first kappa shape index (κ1) is 20.8. The van der Waals surface area contributed by atoms with Crippen molar-refractivity contribution in [2.75, 3.05) is 0 Å². The summed E-state index contributed by atoms with van der Waals surface area (Å²) in [5.74, 6) is -0.177. The lowest BCUT2D eigenvalue weighted by Crippen LogP contribution is -2.33. The molecule has 0 saturated carbocycles. The molecule has 5 aromatic rings. The summed E-state index contributed by atoms with van der Waals surface area (Å²) in [5.41, 5.74) is 7.23. The number of aromatic amines is 1. The Balaban J connectivity index is 1.34. The lowest BCUT2D eigenvalue weighted by atomic mass is 9.91. The molecule has 6 heteroatoms. The summed E-state index contributed by atoms with van der Waals surface area (Å²) < 4.78 is 11.4. The SMILES string of the molecule is Cc1coc2c(C)c3oc(=O)c(CC(=O)NC4CCCc5c4[nH]c4ccccc54)c(C)c3cc12. The van der Waals surface area contributed by atoms with E-state index in [0.29, 0.717) is 11.1 Å². The molecule has 34 heavy (non-hydrogen) atoms. The van der Waals surface area contributed by atoms with Crippen LogP contribution in [0.3, 0.4) is 0 Å². The Morgan fingerprint density at radius 1 is 1.09 bits per heavy atom. The number of rotatable bonds is 3. The largest absolute Gasteiger partial charge is 0.464 e. The van der Waals surface area contributed by atoms with E-state index in [-0.39, 0.29) is 18.4 Å². The third-order valence-electron chi connectivity index (χ3n) is 7.32. The molecule has 0 radical (unpaired) electrons. The zero-order valence-electron chi connectivity index (χ0n) is 19.5. The van der Waals surface area contributed by atoms with Crippen molar-refractivity contribution in [2.24, 2.45) is 0 Å². The van der Waals surface area contributed by atoms with Gasteiger partial charge < -0.3 is 19.1 Å². The van der Waals surface area contributed by atoms with Gasteiger partial charge in [0.15, 0.2) is 0 Å². The van der Waals surface area contributed by atoms with E-state index < -0.39 is 5.63 Å². The van der Waals surface area contributed by atoms with Gasteiger partial charge in [0.25, 0.3) is 0 Å². The number of hydrogen-bond donors (Lipinski definition) is 2. The third kappa shape index (κ3) is 3.09. The molecule has 2 N–H and O–H groups in total. The summed E-state index contributed by atoms with van der Waals surface area (Å²) >= 11 is 0. The third-order valence-corrected chi connectivity index (χ3v) is 7.32. The Hall–Kier alpha value is -3.80. The second kappa shape index (κ2) is 7.62. The van der Waals surface area contributed by atoms with Crippen LogP contribution in [-0.2, 0) is 17.6 Å². The van der Waals surface area contributed by atoms with Crippen molar-refractivity contribution in [2.45, 2.75) is 52.5 Å². The maximum absolute atomic E-state index is 13.1. The van der Waals surface area contributed by atoms with Crippen molar-refractivity contribution in [1.29, 1.82) is 0 Å². The predicted octanol–water partition coefficient (Wildman–Crippen LogP) is 5.68. The molecule has 0 saturated heterocycles. The standard InChI is InChI=1S/C28H26N2O4/c1-14-13-33-26-16(3)27-20(11-19(14)26)15(2)21(28(32)34-27)12-24(31)29-23-10-6-8-18-17-7-4-5-9-22(17)30-25(18)23/h4-5,7,9,11,13,23,30H,6,8,10,12H2,1-3H3,(H,29,31). The molecule has 6 nitrogen and oxygen atoms in total. The number of furan rings is 1. The molecular formula is C28H26N2O4. The monoisotopic (exact) mass is 454 g/mol. The Morgan fingerprint density at radius 2 is 1.91 bits per heavy atom. The number of hydrogen-bond acceptors (Lipinski definition) is 4. The normalized spacial score (nSPS) is 15.8. The number of aryl methyl sites for hydroxylation is 4. The molecular weight excluding hydrogens is 428 g/mol. The van der Waals surface area contributed by atoms with Crippen molar-refractivity contribution in [1.82, 2.24) is 10.3 Å². The lowest BCUT2D eigenvalue weighted by molar-refractivity contribution is -0.121. The zero-order valence-corrected chi connectivity index (χ0v) is 19.5. The molecule has 1 amide bonds. The second-order valence-corrected chi connectivity index (χ2v) is 9.42. The second-order valence-electron chi connectivity index (χ2n) is 9.42. The molecule has 1 unspecified atom stereocenters. The first-order valence-corrected chi connectivity index (χ1v) is 11.7. The molecule has 1 atom stereocenters. The van der Waals surface area contributed by atoms with Crippen LogP contribution in [0.15, 0.2) is 50.2 Å². The van der Waals surface area contributed by atoms with Crippen molar-refractivity contribution in [3.05, 3.63) is 80.5 Å². The number of nitrogens with one attached hydrogen (secondary N) is 2. The number of aromatic nitrogens is 1. The Bertz CT molecular complexity index is 1670. The highest BCUT2D eigenvalue weighted by atomic mass is 16.4. The molecule has 6 rings (SSSR count). The molecule has 1 aliphatic carbocycles. The number of H-pyrrole nitrogens is 1. The van der Waals surface area contributed by atoms with E-state index >= 15 is 0 Å². The fraction of sp³-hybridized carbons (Fsp3) is 0.286. The van der Waals surface area contributed by atoms with Gasteiger partial charge in [-0.2, -0.15) is 0 Å². The van der Waals surface area contributed by atoms with E-state index in [1.807, 2.05) is 39.0 Å². The Morgan fingerprint density at radius 3 is 2.76 bits per heavy atom. The lowest BCUT2D eigenvalue weighted by Gasteiger charge is -2.24. The van der Waals surface area contributed by atoms with Crippen molar-refractivity contribution >= 4 is 38.7 Å². The van der Waals surface area contributed by atoms with Gasteiger partial charge in [-0.05, 0) is 68.9 Å². The van der Waals surface area contributed by atoms with Crippen LogP contribution in [0.25, 0.3) is 32.8 Å². The number of para-hydroxylation sites is 1. The molecule has 3 aromatic heterocycles. The van der Waals surface area contributed by atoms with Gasteiger partial charge in [-0.1, -0.05) is 18.2 Å². The maximum Gasteiger partial charge on any atom is 0.340 e. The number of amides is 1.